The molecule has 0 unspecified atom stereocenters. The minimum atomic E-state index is -0.914. The van der Waals surface area contributed by atoms with Crippen LogP contribution in [0.25, 0.3) is 0 Å². The molecule has 1 aliphatic heterocycles. The Kier molecular flexibility index (Phi) is 6.02. The summed E-state index contributed by atoms with van der Waals surface area (Å²) < 4.78 is 1.76. The van der Waals surface area contributed by atoms with E-state index in [1.165, 1.54) is 17.9 Å². The molecule has 0 aliphatic carbocycles. The van der Waals surface area contributed by atoms with Gasteiger partial charge in [0.15, 0.2) is 0 Å². The summed E-state index contributed by atoms with van der Waals surface area (Å²) >= 11 is 4.22. The summed E-state index contributed by atoms with van der Waals surface area (Å²) in [5, 5.41) is 0. The molecular weight excluding hydrogens is 183 g/mol. The van der Waals surface area contributed by atoms with Gasteiger partial charge < -0.3 is 23.5 Å². The predicted molar refractivity (Wildman–Crippen MR) is 56.1 cm³/mol. The van der Waals surface area contributed by atoms with Crippen LogP contribution in [0.5, 0.6) is 0 Å². The summed E-state index contributed by atoms with van der Waals surface area (Å²) in [4.78, 5) is 0. The minimum absolute atomic E-state index is 0. The molecule has 0 aromatic rings. The first kappa shape index (κ1) is 12.5. The second-order valence-electron chi connectivity index (χ2n) is 3.59. The molecule has 0 radical (unpaired) electrons. The third kappa shape index (κ3) is 4.33. The van der Waals surface area contributed by atoms with Crippen LogP contribution in [-0.4, -0.2) is 19.6 Å². The molecule has 1 rings (SSSR count). The maximum absolute atomic E-state index is 2.44. The van der Waals surface area contributed by atoms with Crippen LogP contribution in [0.3, 0.4) is 0 Å². The summed E-state index contributed by atoms with van der Waals surface area (Å²) in [7, 11) is -0.914. The fourth-order valence-corrected chi connectivity index (χ4v) is 6.90. The van der Waals surface area contributed by atoms with Gasteiger partial charge in [-0.2, -0.15) is 0 Å². The van der Waals surface area contributed by atoms with Crippen LogP contribution in [0.15, 0.2) is 0 Å². The molecular formula is C7H15LiS2Si. The van der Waals surface area contributed by atoms with Crippen molar-refractivity contribution in [3.05, 3.63) is 4.21 Å². The van der Waals surface area contributed by atoms with Gasteiger partial charge in [0, 0.05) is 0 Å². The molecule has 0 amide bonds. The Balaban J connectivity index is 0.000001000. The van der Waals surface area contributed by atoms with Crippen molar-refractivity contribution in [3.8, 4) is 0 Å². The van der Waals surface area contributed by atoms with Crippen molar-refractivity contribution < 1.29 is 18.9 Å². The van der Waals surface area contributed by atoms with E-state index < -0.39 is 8.07 Å². The van der Waals surface area contributed by atoms with E-state index in [4.69, 9.17) is 0 Å². The molecule has 11 heavy (non-hydrogen) atoms. The van der Waals surface area contributed by atoms with Crippen LogP contribution in [-0.2, 0) is 0 Å². The Morgan fingerprint density at radius 1 is 1.09 bits per heavy atom. The molecule has 0 bridgehead atoms. The third-order valence-corrected chi connectivity index (χ3v) is 9.35. The van der Waals surface area contributed by atoms with E-state index in [1.807, 2.05) is 0 Å². The Morgan fingerprint density at radius 3 is 1.82 bits per heavy atom. The zero-order chi connectivity index (χ0) is 7.61. The van der Waals surface area contributed by atoms with Crippen molar-refractivity contribution in [1.82, 2.24) is 0 Å². The second-order valence-corrected chi connectivity index (χ2v) is 11.8. The van der Waals surface area contributed by atoms with Crippen molar-refractivity contribution in [1.29, 1.82) is 0 Å². The second kappa shape index (κ2) is 5.29. The van der Waals surface area contributed by atoms with Crippen molar-refractivity contribution in [2.75, 3.05) is 11.5 Å². The van der Waals surface area contributed by atoms with E-state index in [1.54, 1.807) is 4.21 Å². The maximum Gasteiger partial charge on any atom is 1.00 e. The monoisotopic (exact) mass is 198 g/mol. The fraction of sp³-hybridized carbons (Fsp3) is 0.857. The van der Waals surface area contributed by atoms with Gasteiger partial charge in [-0.15, -0.1) is 0 Å². The summed E-state index contributed by atoms with van der Waals surface area (Å²) in [5.74, 6) is 2.74. The van der Waals surface area contributed by atoms with Gasteiger partial charge in [-0.05, 0) is 17.9 Å². The van der Waals surface area contributed by atoms with E-state index in [0.29, 0.717) is 0 Å². The molecule has 0 spiro atoms. The van der Waals surface area contributed by atoms with E-state index in [9.17, 15) is 0 Å². The summed E-state index contributed by atoms with van der Waals surface area (Å²) in [6.45, 7) is 7.31. The van der Waals surface area contributed by atoms with Gasteiger partial charge in [-0.3, -0.25) is 0 Å². The summed E-state index contributed by atoms with van der Waals surface area (Å²) in [6, 6.07) is 0. The molecule has 1 aliphatic rings. The van der Waals surface area contributed by atoms with Crippen molar-refractivity contribution >= 4 is 31.6 Å². The van der Waals surface area contributed by atoms with Crippen LogP contribution in [0.1, 0.15) is 6.42 Å². The average Bonchev–Trinajstić information content (AvgIpc) is 1.88. The van der Waals surface area contributed by atoms with Gasteiger partial charge >= 0.3 is 18.9 Å². The van der Waals surface area contributed by atoms with E-state index in [-0.39, 0.29) is 18.9 Å². The first-order valence-corrected chi connectivity index (χ1v) is 9.21. The SMILES string of the molecule is C[Si](C)(C)[C-]1SCCCS1.[Li+]. The molecule has 0 atom stereocenters. The molecule has 0 saturated carbocycles. The van der Waals surface area contributed by atoms with E-state index in [0.717, 1.165) is 0 Å². The molecule has 0 nitrogen and oxygen atoms in total. The van der Waals surface area contributed by atoms with Crippen LogP contribution in [0.2, 0.25) is 19.6 Å². The maximum atomic E-state index is 2.44. The zero-order valence-electron chi connectivity index (χ0n) is 7.94. The standard InChI is InChI=1S/C7H15S2Si.Li/c1-10(2,3)7-8-5-4-6-9-7;/h4-6H2,1-3H3;/q-1;+1. The Labute approximate surface area is 91.8 Å². The van der Waals surface area contributed by atoms with Crippen molar-refractivity contribution in [2.24, 2.45) is 0 Å². The summed E-state index contributed by atoms with van der Waals surface area (Å²) in [5.41, 5.74) is 0. The van der Waals surface area contributed by atoms with Crippen LogP contribution in [0, 0.1) is 4.21 Å². The van der Waals surface area contributed by atoms with Crippen molar-refractivity contribution in [3.63, 3.8) is 0 Å². The molecule has 4 heteroatoms. The van der Waals surface area contributed by atoms with Gasteiger partial charge in [0.2, 0.25) is 0 Å². The van der Waals surface area contributed by atoms with Crippen LogP contribution in [0.4, 0.5) is 0 Å². The predicted octanol–water partition coefficient (Wildman–Crippen LogP) is 0.227. The Hall–Kier alpha value is 1.51. The van der Waals surface area contributed by atoms with Gasteiger partial charge in [0.05, 0.1) is 0 Å². The Morgan fingerprint density at radius 2 is 1.55 bits per heavy atom. The first-order valence-electron chi connectivity index (χ1n) is 3.74. The van der Waals surface area contributed by atoms with Crippen molar-refractivity contribution in [2.45, 2.75) is 26.1 Å². The molecule has 1 saturated heterocycles. The largest absolute Gasteiger partial charge is 1.00 e. The van der Waals surface area contributed by atoms with Gasteiger partial charge in [0.25, 0.3) is 0 Å². The first-order chi connectivity index (χ1) is 4.61. The van der Waals surface area contributed by atoms with E-state index >= 15 is 0 Å². The Bertz CT molecular complexity index is 107. The van der Waals surface area contributed by atoms with Gasteiger partial charge in [-0.1, -0.05) is 27.7 Å². The van der Waals surface area contributed by atoms with Crippen LogP contribution >= 0.6 is 23.5 Å². The van der Waals surface area contributed by atoms with Gasteiger partial charge in [-0.25, -0.2) is 4.21 Å². The number of thioether (sulfide) groups is 2. The van der Waals surface area contributed by atoms with E-state index in [2.05, 4.69) is 43.2 Å². The quantitative estimate of drug-likeness (QED) is 0.437. The molecule has 60 valence electrons. The smallest absolute Gasteiger partial charge is 0.339 e. The van der Waals surface area contributed by atoms with Crippen LogP contribution < -0.4 is 18.9 Å². The zero-order valence-corrected chi connectivity index (χ0v) is 10.6. The molecule has 0 N–H and O–H groups in total. The van der Waals surface area contributed by atoms with Gasteiger partial charge in [0.1, 0.15) is 0 Å². The summed E-state index contributed by atoms with van der Waals surface area (Å²) in [6.07, 6.45) is 1.41. The number of rotatable bonds is 1. The third-order valence-electron chi connectivity index (χ3n) is 1.37. The molecule has 1 fully saturated rings. The number of hydrogen-bond donors (Lipinski definition) is 0. The number of hydrogen-bond acceptors (Lipinski definition) is 2. The average molecular weight is 198 g/mol. The normalized spacial score (nSPS) is 21.0. The molecule has 0 aromatic heterocycles. The molecule has 1 heterocycles. The topological polar surface area (TPSA) is 0 Å². The fourth-order valence-electron chi connectivity index (χ4n) is 0.863. The minimum Gasteiger partial charge on any atom is -0.339 e. The molecule has 0 aromatic carbocycles.